The number of sulfonamides is 1. The summed E-state index contributed by atoms with van der Waals surface area (Å²) in [5.74, 6) is 0.628. The third-order valence-corrected chi connectivity index (χ3v) is 8.35. The number of carbonyl (C=O) groups excluding carboxylic acids is 1. The number of nitrogens with zero attached hydrogens (tertiary/aromatic N) is 1. The van der Waals surface area contributed by atoms with Crippen molar-refractivity contribution in [2.24, 2.45) is 5.92 Å². The molecule has 32 heavy (non-hydrogen) atoms. The number of piperidine rings is 1. The van der Waals surface area contributed by atoms with Crippen LogP contribution in [-0.2, 0) is 14.8 Å². The van der Waals surface area contributed by atoms with Crippen molar-refractivity contribution in [3.8, 4) is 5.75 Å². The molecule has 0 bridgehead atoms. The Balaban J connectivity index is 1.24. The Bertz CT molecular complexity index is 1250. The summed E-state index contributed by atoms with van der Waals surface area (Å²) >= 11 is 0. The number of hydrogen-bond acceptors (Lipinski definition) is 4. The molecule has 0 saturated carbocycles. The van der Waals surface area contributed by atoms with Crippen LogP contribution in [0.2, 0.25) is 0 Å². The smallest absolute Gasteiger partial charge is 0.243 e. The summed E-state index contributed by atoms with van der Waals surface area (Å²) in [5, 5.41) is 5.08. The fourth-order valence-electron chi connectivity index (χ4n) is 4.62. The van der Waals surface area contributed by atoms with E-state index in [4.69, 9.17) is 4.74 Å². The van der Waals surface area contributed by atoms with Crippen molar-refractivity contribution in [3.05, 3.63) is 72.3 Å². The van der Waals surface area contributed by atoms with E-state index in [0.29, 0.717) is 37.4 Å². The quantitative estimate of drug-likeness (QED) is 0.655. The summed E-state index contributed by atoms with van der Waals surface area (Å²) < 4.78 is 33.5. The van der Waals surface area contributed by atoms with Gasteiger partial charge in [0, 0.05) is 31.0 Å². The van der Waals surface area contributed by atoms with Crippen LogP contribution in [0.1, 0.15) is 30.9 Å². The average molecular weight is 451 g/mol. The molecule has 0 spiro atoms. The maximum atomic E-state index is 13.2. The molecule has 1 unspecified atom stereocenters. The molecule has 3 aromatic carbocycles. The minimum Gasteiger partial charge on any atom is -0.493 e. The largest absolute Gasteiger partial charge is 0.493 e. The average Bonchev–Trinajstić information content (AvgIpc) is 2.84. The normalized spacial score (nSPS) is 19.8. The Morgan fingerprint density at radius 2 is 1.62 bits per heavy atom. The van der Waals surface area contributed by atoms with Gasteiger partial charge in [0.05, 0.1) is 17.5 Å². The maximum absolute atomic E-state index is 13.2. The molecule has 0 aliphatic carbocycles. The minimum absolute atomic E-state index is 0.00513. The molecule has 166 valence electrons. The summed E-state index contributed by atoms with van der Waals surface area (Å²) in [5.41, 5.74) is 1.00. The fourth-order valence-corrected chi connectivity index (χ4v) is 6.12. The van der Waals surface area contributed by atoms with E-state index in [-0.39, 0.29) is 17.9 Å². The molecule has 1 N–H and O–H groups in total. The van der Waals surface area contributed by atoms with E-state index < -0.39 is 10.0 Å². The summed E-state index contributed by atoms with van der Waals surface area (Å²) in [7, 11) is -3.58. The highest BCUT2D eigenvalue weighted by atomic mass is 32.2. The van der Waals surface area contributed by atoms with Crippen LogP contribution < -0.4 is 10.1 Å². The highest BCUT2D eigenvalue weighted by Crippen LogP contribution is 2.32. The first-order valence-electron chi connectivity index (χ1n) is 11.0. The number of carbonyl (C=O) groups is 1. The maximum Gasteiger partial charge on any atom is 0.243 e. The van der Waals surface area contributed by atoms with Gasteiger partial charge in [0.15, 0.2) is 0 Å². The second-order valence-electron chi connectivity index (χ2n) is 8.42. The molecule has 7 heteroatoms. The van der Waals surface area contributed by atoms with Crippen LogP contribution in [0.4, 0.5) is 0 Å². The van der Waals surface area contributed by atoms with Gasteiger partial charge in [0.1, 0.15) is 5.75 Å². The molecule has 0 radical (unpaired) electrons. The first-order valence-corrected chi connectivity index (χ1v) is 12.5. The van der Waals surface area contributed by atoms with E-state index in [1.807, 2.05) is 54.6 Å². The lowest BCUT2D eigenvalue weighted by atomic mass is 9.95. The number of benzene rings is 3. The number of amides is 1. The summed E-state index contributed by atoms with van der Waals surface area (Å²) in [4.78, 5) is 13.2. The zero-order valence-corrected chi connectivity index (χ0v) is 18.6. The van der Waals surface area contributed by atoms with Crippen molar-refractivity contribution in [2.75, 3.05) is 19.7 Å². The van der Waals surface area contributed by atoms with Crippen LogP contribution in [0, 0.1) is 5.92 Å². The van der Waals surface area contributed by atoms with Crippen molar-refractivity contribution in [1.82, 2.24) is 9.62 Å². The van der Waals surface area contributed by atoms with Crippen LogP contribution in [0.15, 0.2) is 71.6 Å². The SMILES string of the molecule is O=C(NC1CCOc2ccccc21)C1CCN(S(=O)(=O)c2ccc3ccccc3c2)CC1. The van der Waals surface area contributed by atoms with E-state index >= 15 is 0 Å². The van der Waals surface area contributed by atoms with Crippen molar-refractivity contribution in [1.29, 1.82) is 0 Å². The number of rotatable bonds is 4. The molecule has 0 aromatic heterocycles. The molecule has 5 rings (SSSR count). The lowest BCUT2D eigenvalue weighted by molar-refractivity contribution is -0.127. The molecule has 2 aliphatic rings. The number of nitrogens with one attached hydrogen (secondary N) is 1. The zero-order valence-electron chi connectivity index (χ0n) is 17.7. The molecule has 6 nitrogen and oxygen atoms in total. The van der Waals surface area contributed by atoms with Crippen LogP contribution in [-0.4, -0.2) is 38.3 Å². The second kappa shape index (κ2) is 8.56. The van der Waals surface area contributed by atoms with E-state index in [9.17, 15) is 13.2 Å². The second-order valence-corrected chi connectivity index (χ2v) is 10.4. The third kappa shape index (κ3) is 3.98. The van der Waals surface area contributed by atoms with Crippen molar-refractivity contribution in [2.45, 2.75) is 30.2 Å². The number of hydrogen-bond donors (Lipinski definition) is 1. The Morgan fingerprint density at radius 3 is 2.44 bits per heavy atom. The van der Waals surface area contributed by atoms with Gasteiger partial charge in [-0.1, -0.05) is 48.5 Å². The highest BCUT2D eigenvalue weighted by molar-refractivity contribution is 7.89. The van der Waals surface area contributed by atoms with Crippen molar-refractivity contribution < 1.29 is 17.9 Å². The van der Waals surface area contributed by atoms with Crippen molar-refractivity contribution in [3.63, 3.8) is 0 Å². The molecular weight excluding hydrogens is 424 g/mol. The molecule has 1 fully saturated rings. The summed E-state index contributed by atoms with van der Waals surface area (Å²) in [6, 6.07) is 20.7. The van der Waals surface area contributed by atoms with Crippen LogP contribution in [0.5, 0.6) is 5.75 Å². The first kappa shape index (κ1) is 21.0. The van der Waals surface area contributed by atoms with Gasteiger partial charge in [0.2, 0.25) is 15.9 Å². The molecule has 1 amide bonds. The van der Waals surface area contributed by atoms with Gasteiger partial charge in [-0.15, -0.1) is 0 Å². The Kier molecular flexibility index (Phi) is 5.61. The number of para-hydroxylation sites is 1. The van der Waals surface area contributed by atoms with Gasteiger partial charge >= 0.3 is 0 Å². The van der Waals surface area contributed by atoms with E-state index in [2.05, 4.69) is 5.32 Å². The predicted octanol–water partition coefficient (Wildman–Crippen LogP) is 3.88. The Hall–Kier alpha value is -2.90. The molecule has 3 aromatic rings. The van der Waals surface area contributed by atoms with Crippen LogP contribution in [0.25, 0.3) is 10.8 Å². The summed E-state index contributed by atoms with van der Waals surface area (Å²) in [6.45, 7) is 1.26. The first-order chi connectivity index (χ1) is 15.5. The predicted molar refractivity (Wildman–Crippen MR) is 123 cm³/mol. The monoisotopic (exact) mass is 450 g/mol. The molecular formula is C25H26N2O4S. The van der Waals surface area contributed by atoms with Crippen LogP contribution in [0.3, 0.4) is 0 Å². The number of fused-ring (bicyclic) bond motifs is 2. The van der Waals surface area contributed by atoms with Gasteiger partial charge in [0.25, 0.3) is 0 Å². The van der Waals surface area contributed by atoms with Gasteiger partial charge < -0.3 is 10.1 Å². The molecule has 2 heterocycles. The summed E-state index contributed by atoms with van der Waals surface area (Å²) in [6.07, 6.45) is 1.77. The van der Waals surface area contributed by atoms with E-state index in [1.54, 1.807) is 12.1 Å². The van der Waals surface area contributed by atoms with E-state index in [1.165, 1.54) is 4.31 Å². The van der Waals surface area contributed by atoms with Crippen LogP contribution >= 0.6 is 0 Å². The molecule has 2 aliphatic heterocycles. The van der Waals surface area contributed by atoms with Gasteiger partial charge in [-0.05, 0) is 41.8 Å². The van der Waals surface area contributed by atoms with Gasteiger partial charge in [-0.2, -0.15) is 4.31 Å². The topological polar surface area (TPSA) is 75.7 Å². The molecule has 1 saturated heterocycles. The third-order valence-electron chi connectivity index (χ3n) is 6.46. The fraction of sp³-hybridized carbons (Fsp3) is 0.320. The van der Waals surface area contributed by atoms with E-state index in [0.717, 1.165) is 28.5 Å². The highest BCUT2D eigenvalue weighted by Gasteiger charge is 2.33. The lowest BCUT2D eigenvalue weighted by Crippen LogP contribution is -2.44. The van der Waals surface area contributed by atoms with Gasteiger partial charge in [-0.3, -0.25) is 4.79 Å². The Labute approximate surface area is 188 Å². The lowest BCUT2D eigenvalue weighted by Gasteiger charge is -2.32. The molecule has 1 atom stereocenters. The number of ether oxygens (including phenoxy) is 1. The minimum atomic E-state index is -3.58. The van der Waals surface area contributed by atoms with Crippen molar-refractivity contribution >= 4 is 26.7 Å². The standard InChI is InChI=1S/C25H26N2O4S/c28-25(26-23-13-16-31-24-8-4-3-7-22(23)24)19-11-14-27(15-12-19)32(29,30)21-10-9-18-5-1-2-6-20(18)17-21/h1-10,17,19,23H,11-16H2,(H,26,28). The zero-order chi connectivity index (χ0) is 22.1. The Morgan fingerprint density at radius 1 is 0.906 bits per heavy atom. The van der Waals surface area contributed by atoms with Gasteiger partial charge in [-0.25, -0.2) is 8.42 Å².